The fraction of sp³-hybridized carbons (Fsp3) is 0.846. The third kappa shape index (κ3) is 5.06. The van der Waals surface area contributed by atoms with Crippen LogP contribution in [-0.2, 0) is 4.79 Å². The largest absolute Gasteiger partial charge is 0.480 e. The number of hydrogen-bond acceptors (Lipinski definition) is 3. The smallest absolute Gasteiger partial charge is 0.323 e. The molecule has 0 saturated carbocycles. The van der Waals surface area contributed by atoms with Gasteiger partial charge in [0.25, 0.3) is 0 Å². The molecule has 1 fully saturated rings. The highest BCUT2D eigenvalue weighted by Gasteiger charge is 2.25. The number of carbonyl (C=O) groups excluding carboxylic acids is 1. The van der Waals surface area contributed by atoms with Gasteiger partial charge in [0.2, 0.25) is 0 Å². The monoisotopic (exact) mass is 271 g/mol. The Balaban J connectivity index is 2.45. The molecule has 0 bridgehead atoms. The van der Waals surface area contributed by atoms with Gasteiger partial charge in [-0.15, -0.1) is 0 Å². The molecule has 1 aliphatic heterocycles. The van der Waals surface area contributed by atoms with Crippen LogP contribution in [0.3, 0.4) is 0 Å². The second-order valence-electron chi connectivity index (χ2n) is 5.37. The van der Waals surface area contributed by atoms with Crippen molar-refractivity contribution in [3.05, 3.63) is 0 Å². The molecular formula is C13H25N3O3. The average Bonchev–Trinajstić information content (AvgIpc) is 2.35. The van der Waals surface area contributed by atoms with E-state index in [1.807, 2.05) is 0 Å². The van der Waals surface area contributed by atoms with Gasteiger partial charge in [-0.05, 0) is 12.8 Å². The molecule has 2 amide bonds. The second kappa shape index (κ2) is 7.33. The van der Waals surface area contributed by atoms with Gasteiger partial charge in [-0.1, -0.05) is 13.8 Å². The molecule has 1 saturated heterocycles. The fourth-order valence-electron chi connectivity index (χ4n) is 2.32. The van der Waals surface area contributed by atoms with Gasteiger partial charge < -0.3 is 14.9 Å². The van der Waals surface area contributed by atoms with Crippen LogP contribution in [0.5, 0.6) is 0 Å². The SMILES string of the molecule is CCN(CC(=O)O)C(=O)N1CCN(CC(C)C)CC1. The van der Waals surface area contributed by atoms with Gasteiger partial charge >= 0.3 is 12.0 Å². The summed E-state index contributed by atoms with van der Waals surface area (Å²) in [5.74, 6) is -0.338. The first-order chi connectivity index (χ1) is 8.93. The van der Waals surface area contributed by atoms with E-state index >= 15 is 0 Å². The summed E-state index contributed by atoms with van der Waals surface area (Å²) in [6, 6.07) is -0.158. The third-order valence-corrected chi connectivity index (χ3v) is 3.24. The molecule has 0 radical (unpaired) electrons. The Hall–Kier alpha value is -1.30. The number of piperazine rings is 1. The van der Waals surface area contributed by atoms with Crippen molar-refractivity contribution in [1.82, 2.24) is 14.7 Å². The van der Waals surface area contributed by atoms with E-state index in [4.69, 9.17) is 5.11 Å². The van der Waals surface area contributed by atoms with Gasteiger partial charge in [0.1, 0.15) is 6.54 Å². The quantitative estimate of drug-likeness (QED) is 0.803. The lowest BCUT2D eigenvalue weighted by molar-refractivity contribution is -0.137. The van der Waals surface area contributed by atoms with Crippen LogP contribution in [0.15, 0.2) is 0 Å². The van der Waals surface area contributed by atoms with Crippen LogP contribution in [0, 0.1) is 5.92 Å². The zero-order valence-corrected chi connectivity index (χ0v) is 12.1. The molecule has 0 aliphatic carbocycles. The molecule has 0 aromatic heterocycles. The topological polar surface area (TPSA) is 64.1 Å². The first-order valence-electron chi connectivity index (χ1n) is 6.92. The first kappa shape index (κ1) is 15.8. The predicted molar refractivity (Wildman–Crippen MR) is 73.1 cm³/mol. The summed E-state index contributed by atoms with van der Waals surface area (Å²) in [6.45, 7) is 10.5. The number of likely N-dealkylation sites (N-methyl/N-ethyl adjacent to an activating group) is 1. The lowest BCUT2D eigenvalue weighted by atomic mass is 10.2. The van der Waals surface area contributed by atoms with Gasteiger partial charge in [-0.2, -0.15) is 0 Å². The number of hydrogen-bond donors (Lipinski definition) is 1. The summed E-state index contributed by atoms with van der Waals surface area (Å²) in [5, 5.41) is 8.78. The maximum atomic E-state index is 12.2. The molecule has 0 atom stereocenters. The van der Waals surface area contributed by atoms with Gasteiger partial charge in [-0.3, -0.25) is 9.69 Å². The number of carbonyl (C=O) groups is 2. The summed E-state index contributed by atoms with van der Waals surface area (Å²) < 4.78 is 0. The molecule has 1 N–H and O–H groups in total. The van der Waals surface area contributed by atoms with Crippen molar-refractivity contribution in [1.29, 1.82) is 0 Å². The summed E-state index contributed by atoms with van der Waals surface area (Å²) in [4.78, 5) is 28.4. The number of amides is 2. The van der Waals surface area contributed by atoms with Crippen molar-refractivity contribution in [3.63, 3.8) is 0 Å². The first-order valence-corrected chi connectivity index (χ1v) is 6.92. The molecule has 0 aromatic carbocycles. The number of aliphatic carboxylic acids is 1. The highest BCUT2D eigenvalue weighted by atomic mass is 16.4. The van der Waals surface area contributed by atoms with Gasteiger partial charge in [0.05, 0.1) is 0 Å². The van der Waals surface area contributed by atoms with E-state index in [0.717, 1.165) is 19.6 Å². The second-order valence-corrected chi connectivity index (χ2v) is 5.37. The van der Waals surface area contributed by atoms with Crippen LogP contribution in [0.1, 0.15) is 20.8 Å². The fourth-order valence-corrected chi connectivity index (χ4v) is 2.32. The van der Waals surface area contributed by atoms with E-state index in [1.165, 1.54) is 4.90 Å². The van der Waals surface area contributed by atoms with Crippen LogP contribution in [0.2, 0.25) is 0 Å². The van der Waals surface area contributed by atoms with Crippen LogP contribution in [0.25, 0.3) is 0 Å². The maximum Gasteiger partial charge on any atom is 0.323 e. The van der Waals surface area contributed by atoms with Crippen molar-refractivity contribution in [3.8, 4) is 0 Å². The minimum Gasteiger partial charge on any atom is -0.480 e. The number of carboxylic acids is 1. The van der Waals surface area contributed by atoms with Crippen molar-refractivity contribution < 1.29 is 14.7 Å². The van der Waals surface area contributed by atoms with Gasteiger partial charge in [0.15, 0.2) is 0 Å². The Kier molecular flexibility index (Phi) is 6.08. The lowest BCUT2D eigenvalue weighted by Crippen LogP contribution is -2.54. The van der Waals surface area contributed by atoms with Crippen LogP contribution in [-0.4, -0.2) is 77.6 Å². The Morgan fingerprint density at radius 1 is 1.21 bits per heavy atom. The Morgan fingerprint density at radius 3 is 2.21 bits per heavy atom. The number of urea groups is 1. The van der Waals surface area contributed by atoms with Crippen molar-refractivity contribution in [2.45, 2.75) is 20.8 Å². The van der Waals surface area contributed by atoms with Crippen molar-refractivity contribution >= 4 is 12.0 Å². The molecule has 19 heavy (non-hydrogen) atoms. The minimum absolute atomic E-state index is 0.158. The van der Waals surface area contributed by atoms with Gasteiger partial charge in [0, 0.05) is 39.3 Å². The van der Waals surface area contributed by atoms with E-state index < -0.39 is 5.97 Å². The maximum absolute atomic E-state index is 12.2. The molecule has 0 aromatic rings. The molecule has 0 unspecified atom stereocenters. The molecule has 6 heteroatoms. The summed E-state index contributed by atoms with van der Waals surface area (Å²) in [7, 11) is 0. The van der Waals surface area contributed by atoms with E-state index in [9.17, 15) is 9.59 Å². The normalized spacial score (nSPS) is 16.7. The van der Waals surface area contributed by atoms with Crippen molar-refractivity contribution in [2.24, 2.45) is 5.92 Å². The molecule has 110 valence electrons. The Morgan fingerprint density at radius 2 is 1.79 bits per heavy atom. The average molecular weight is 271 g/mol. The Bertz CT molecular complexity index is 312. The zero-order valence-electron chi connectivity index (χ0n) is 12.1. The van der Waals surface area contributed by atoms with E-state index in [2.05, 4.69) is 18.7 Å². The molecule has 1 heterocycles. The number of carboxylic acid groups (broad SMARTS) is 1. The van der Waals surface area contributed by atoms with Gasteiger partial charge in [-0.25, -0.2) is 4.79 Å². The lowest BCUT2D eigenvalue weighted by Gasteiger charge is -2.37. The molecule has 1 aliphatic rings. The van der Waals surface area contributed by atoms with E-state index in [0.29, 0.717) is 25.6 Å². The van der Waals surface area contributed by atoms with E-state index in [-0.39, 0.29) is 12.6 Å². The highest BCUT2D eigenvalue weighted by Crippen LogP contribution is 2.08. The molecule has 0 spiro atoms. The Labute approximate surface area is 115 Å². The summed E-state index contributed by atoms with van der Waals surface area (Å²) in [6.07, 6.45) is 0. The standard InChI is InChI=1S/C13H25N3O3/c1-4-15(10-12(17)18)13(19)16-7-5-14(6-8-16)9-11(2)3/h11H,4-10H2,1-3H3,(H,17,18). The predicted octanol–water partition coefficient (Wildman–Crippen LogP) is 0.786. The van der Waals surface area contributed by atoms with Crippen molar-refractivity contribution in [2.75, 3.05) is 45.8 Å². The van der Waals surface area contributed by atoms with Crippen LogP contribution in [0.4, 0.5) is 4.79 Å². The minimum atomic E-state index is -0.964. The molecular weight excluding hydrogens is 246 g/mol. The summed E-state index contributed by atoms with van der Waals surface area (Å²) in [5.41, 5.74) is 0. The third-order valence-electron chi connectivity index (χ3n) is 3.24. The van der Waals surface area contributed by atoms with E-state index in [1.54, 1.807) is 11.8 Å². The highest BCUT2D eigenvalue weighted by molar-refractivity contribution is 5.80. The number of nitrogens with zero attached hydrogens (tertiary/aromatic N) is 3. The molecule has 1 rings (SSSR count). The van der Waals surface area contributed by atoms with Crippen LogP contribution < -0.4 is 0 Å². The number of rotatable bonds is 5. The zero-order chi connectivity index (χ0) is 14.4. The van der Waals surface area contributed by atoms with Crippen LogP contribution >= 0.6 is 0 Å². The summed E-state index contributed by atoms with van der Waals surface area (Å²) >= 11 is 0. The molecule has 6 nitrogen and oxygen atoms in total.